The van der Waals surface area contributed by atoms with Gasteiger partial charge < -0.3 is 9.84 Å². The van der Waals surface area contributed by atoms with E-state index in [2.05, 4.69) is 4.98 Å². The molecule has 100 valence electrons. The summed E-state index contributed by atoms with van der Waals surface area (Å²) in [5.74, 6) is 0.902. The minimum Gasteiger partial charge on any atom is -0.496 e. The molecule has 1 aliphatic carbocycles. The first-order valence-corrected chi connectivity index (χ1v) is 6.77. The Bertz CT molecular complexity index is 423. The number of nitrogens with zero attached hydrogens (tertiary/aromatic N) is 1. The fourth-order valence-electron chi connectivity index (χ4n) is 2.95. The molecular formula is C15H23NO2. The predicted octanol–water partition coefficient (Wildman–Crippen LogP) is 2.94. The number of aliphatic hydroxyl groups is 1. The van der Waals surface area contributed by atoms with Gasteiger partial charge in [0.1, 0.15) is 5.75 Å². The molecule has 1 aromatic rings. The molecule has 3 nitrogen and oxygen atoms in total. The summed E-state index contributed by atoms with van der Waals surface area (Å²) in [7, 11) is 1.69. The first kappa shape index (κ1) is 13.3. The average Bonchev–Trinajstić information content (AvgIpc) is 2.34. The van der Waals surface area contributed by atoms with Crippen LogP contribution in [0.2, 0.25) is 0 Å². The summed E-state index contributed by atoms with van der Waals surface area (Å²) < 4.78 is 5.42. The number of aromatic nitrogens is 1. The van der Waals surface area contributed by atoms with Crippen LogP contribution < -0.4 is 4.74 Å². The molecule has 1 saturated carbocycles. The molecule has 0 atom stereocenters. The van der Waals surface area contributed by atoms with Crippen molar-refractivity contribution in [2.75, 3.05) is 7.11 Å². The number of ether oxygens (including phenoxy) is 1. The highest BCUT2D eigenvalue weighted by molar-refractivity contribution is 5.41. The van der Waals surface area contributed by atoms with E-state index >= 15 is 0 Å². The van der Waals surface area contributed by atoms with Gasteiger partial charge in [0, 0.05) is 29.4 Å². The van der Waals surface area contributed by atoms with Crippen LogP contribution in [0.25, 0.3) is 0 Å². The fourth-order valence-corrected chi connectivity index (χ4v) is 2.95. The molecule has 0 amide bonds. The average molecular weight is 249 g/mol. The Kier molecular flexibility index (Phi) is 3.91. The smallest absolute Gasteiger partial charge is 0.128 e. The van der Waals surface area contributed by atoms with Crippen molar-refractivity contribution >= 4 is 0 Å². The Balaban J connectivity index is 2.23. The van der Waals surface area contributed by atoms with Gasteiger partial charge in [-0.05, 0) is 26.7 Å². The van der Waals surface area contributed by atoms with Gasteiger partial charge in [0.15, 0.2) is 0 Å². The molecule has 1 aliphatic rings. The zero-order chi connectivity index (χ0) is 13.2. The Morgan fingerprint density at radius 3 is 2.56 bits per heavy atom. The minimum atomic E-state index is -0.559. The molecule has 0 radical (unpaired) electrons. The molecule has 18 heavy (non-hydrogen) atoms. The van der Waals surface area contributed by atoms with Crippen LogP contribution in [0.3, 0.4) is 0 Å². The van der Waals surface area contributed by atoms with Gasteiger partial charge in [-0.1, -0.05) is 19.3 Å². The van der Waals surface area contributed by atoms with Crippen LogP contribution in [0.5, 0.6) is 5.75 Å². The predicted molar refractivity (Wildman–Crippen MR) is 72.0 cm³/mol. The summed E-state index contributed by atoms with van der Waals surface area (Å²) in [6, 6.07) is 0. The van der Waals surface area contributed by atoms with Gasteiger partial charge in [-0.3, -0.25) is 4.98 Å². The van der Waals surface area contributed by atoms with Gasteiger partial charge in [0.05, 0.1) is 12.7 Å². The lowest BCUT2D eigenvalue weighted by Gasteiger charge is -2.32. The number of pyridine rings is 1. The van der Waals surface area contributed by atoms with Crippen molar-refractivity contribution in [1.82, 2.24) is 4.98 Å². The molecule has 1 heterocycles. The molecule has 1 fully saturated rings. The van der Waals surface area contributed by atoms with E-state index in [0.717, 1.165) is 48.3 Å². The van der Waals surface area contributed by atoms with Gasteiger partial charge in [0.25, 0.3) is 0 Å². The molecule has 1 N–H and O–H groups in total. The van der Waals surface area contributed by atoms with Crippen LogP contribution in [0.15, 0.2) is 6.20 Å². The largest absolute Gasteiger partial charge is 0.496 e. The molecule has 0 aliphatic heterocycles. The quantitative estimate of drug-likeness (QED) is 0.895. The van der Waals surface area contributed by atoms with Crippen LogP contribution in [0.4, 0.5) is 0 Å². The third kappa shape index (κ3) is 2.66. The van der Waals surface area contributed by atoms with Crippen LogP contribution >= 0.6 is 0 Å². The minimum absolute atomic E-state index is 0.559. The van der Waals surface area contributed by atoms with E-state index in [-0.39, 0.29) is 0 Å². The third-order valence-corrected chi connectivity index (χ3v) is 4.03. The topological polar surface area (TPSA) is 42.4 Å². The van der Waals surface area contributed by atoms with E-state index < -0.39 is 5.60 Å². The molecule has 2 rings (SSSR count). The fraction of sp³-hybridized carbons (Fsp3) is 0.667. The maximum atomic E-state index is 10.6. The number of hydrogen-bond acceptors (Lipinski definition) is 3. The van der Waals surface area contributed by atoms with Crippen molar-refractivity contribution in [1.29, 1.82) is 0 Å². The van der Waals surface area contributed by atoms with Crippen molar-refractivity contribution in [3.8, 4) is 5.75 Å². The molecule has 0 aromatic carbocycles. The standard InChI is InChI=1S/C15H23NO2/c1-11-10-16-13(12(2)14(11)18-3)9-15(17)7-5-4-6-8-15/h10,17H,4-9H2,1-3H3. The summed E-state index contributed by atoms with van der Waals surface area (Å²) in [6.45, 7) is 4.03. The van der Waals surface area contributed by atoms with Crippen LogP contribution in [0, 0.1) is 13.8 Å². The van der Waals surface area contributed by atoms with E-state index in [4.69, 9.17) is 4.74 Å². The molecule has 0 saturated heterocycles. The number of aryl methyl sites for hydroxylation is 1. The number of hydrogen-bond donors (Lipinski definition) is 1. The zero-order valence-electron chi connectivity index (χ0n) is 11.6. The molecule has 0 bridgehead atoms. The lowest BCUT2D eigenvalue weighted by atomic mass is 9.81. The summed E-state index contributed by atoms with van der Waals surface area (Å²) >= 11 is 0. The van der Waals surface area contributed by atoms with Crippen LogP contribution in [-0.2, 0) is 6.42 Å². The van der Waals surface area contributed by atoms with Crippen LogP contribution in [-0.4, -0.2) is 22.8 Å². The van der Waals surface area contributed by atoms with E-state index in [9.17, 15) is 5.11 Å². The Morgan fingerprint density at radius 1 is 1.28 bits per heavy atom. The number of rotatable bonds is 3. The summed E-state index contributed by atoms with van der Waals surface area (Å²) in [5.41, 5.74) is 2.53. The first-order valence-electron chi connectivity index (χ1n) is 6.77. The summed E-state index contributed by atoms with van der Waals surface area (Å²) in [5, 5.41) is 10.6. The lowest BCUT2D eigenvalue weighted by Crippen LogP contribution is -2.34. The van der Waals surface area contributed by atoms with Gasteiger partial charge in [-0.15, -0.1) is 0 Å². The molecule has 0 unspecified atom stereocenters. The van der Waals surface area contributed by atoms with Crippen molar-refractivity contribution in [2.24, 2.45) is 0 Å². The lowest BCUT2D eigenvalue weighted by molar-refractivity contribution is 0.00349. The van der Waals surface area contributed by atoms with E-state index in [1.54, 1.807) is 7.11 Å². The van der Waals surface area contributed by atoms with E-state index in [1.165, 1.54) is 6.42 Å². The molecule has 3 heteroatoms. The van der Waals surface area contributed by atoms with Crippen molar-refractivity contribution in [2.45, 2.75) is 58.0 Å². The zero-order valence-corrected chi connectivity index (χ0v) is 11.6. The van der Waals surface area contributed by atoms with Gasteiger partial charge >= 0.3 is 0 Å². The van der Waals surface area contributed by atoms with Gasteiger partial charge in [0.2, 0.25) is 0 Å². The second-order valence-corrected chi connectivity index (χ2v) is 5.51. The van der Waals surface area contributed by atoms with E-state index in [0.29, 0.717) is 6.42 Å². The normalized spacial score (nSPS) is 18.7. The van der Waals surface area contributed by atoms with Gasteiger partial charge in [-0.25, -0.2) is 0 Å². The maximum absolute atomic E-state index is 10.6. The second-order valence-electron chi connectivity index (χ2n) is 5.51. The second kappa shape index (κ2) is 5.27. The Morgan fingerprint density at radius 2 is 1.94 bits per heavy atom. The maximum Gasteiger partial charge on any atom is 0.128 e. The van der Waals surface area contributed by atoms with E-state index in [1.807, 2.05) is 20.0 Å². The molecule has 0 spiro atoms. The highest BCUT2D eigenvalue weighted by Crippen LogP contribution is 2.33. The third-order valence-electron chi connectivity index (χ3n) is 4.03. The first-order chi connectivity index (χ1) is 8.56. The Hall–Kier alpha value is -1.09. The van der Waals surface area contributed by atoms with Crippen LogP contribution in [0.1, 0.15) is 48.9 Å². The highest BCUT2D eigenvalue weighted by atomic mass is 16.5. The monoisotopic (exact) mass is 249 g/mol. The summed E-state index contributed by atoms with van der Waals surface area (Å²) in [4.78, 5) is 4.49. The van der Waals surface area contributed by atoms with Gasteiger partial charge in [-0.2, -0.15) is 0 Å². The number of methoxy groups -OCH3 is 1. The highest BCUT2D eigenvalue weighted by Gasteiger charge is 2.30. The van der Waals surface area contributed by atoms with Crippen molar-refractivity contribution in [3.05, 3.63) is 23.0 Å². The van der Waals surface area contributed by atoms with Crippen molar-refractivity contribution in [3.63, 3.8) is 0 Å². The molecule has 1 aromatic heterocycles. The summed E-state index contributed by atoms with van der Waals surface area (Å²) in [6.07, 6.45) is 7.76. The SMILES string of the molecule is COc1c(C)cnc(CC2(O)CCCCC2)c1C. The Labute approximate surface area is 109 Å². The van der Waals surface area contributed by atoms with Crippen molar-refractivity contribution < 1.29 is 9.84 Å². The molecular weight excluding hydrogens is 226 g/mol.